The van der Waals surface area contributed by atoms with Crippen molar-refractivity contribution in [3.63, 3.8) is 0 Å². The van der Waals surface area contributed by atoms with Crippen LogP contribution in [0.15, 0.2) is 79.0 Å². The molecule has 0 aliphatic rings. The van der Waals surface area contributed by atoms with Crippen LogP contribution in [0, 0.1) is 5.41 Å². The van der Waals surface area contributed by atoms with Crippen LogP contribution in [0.3, 0.4) is 0 Å². The first-order valence-electron chi connectivity index (χ1n) is 13.0. The van der Waals surface area contributed by atoms with Gasteiger partial charge >= 0.3 is 5.97 Å². The molecule has 0 aliphatic heterocycles. The molecule has 1 heterocycles. The van der Waals surface area contributed by atoms with E-state index in [4.69, 9.17) is 4.74 Å². The third-order valence-corrected chi connectivity index (χ3v) is 6.46. The van der Waals surface area contributed by atoms with Crippen LogP contribution in [0.1, 0.15) is 50.8 Å². The molecule has 0 radical (unpaired) electrons. The van der Waals surface area contributed by atoms with Gasteiger partial charge in [0.25, 0.3) is 0 Å². The van der Waals surface area contributed by atoms with Crippen molar-refractivity contribution in [1.82, 2.24) is 4.57 Å². The number of benzene rings is 3. The van der Waals surface area contributed by atoms with Crippen LogP contribution in [0.2, 0.25) is 0 Å². The Hall–Kier alpha value is -3.86. The van der Waals surface area contributed by atoms with E-state index >= 15 is 0 Å². The number of carbonyl (C=O) groups excluding carboxylic acids is 2. The zero-order valence-corrected chi connectivity index (χ0v) is 22.2. The van der Waals surface area contributed by atoms with Gasteiger partial charge in [-0.3, -0.25) is 9.59 Å². The second kappa shape index (κ2) is 11.5. The molecule has 0 fully saturated rings. The summed E-state index contributed by atoms with van der Waals surface area (Å²) < 4.78 is 7.30. The monoisotopic (exact) mass is 496 g/mol. The Balaban J connectivity index is 1.68. The van der Waals surface area contributed by atoms with Gasteiger partial charge in [0.2, 0.25) is 5.91 Å². The molecule has 1 aromatic heterocycles. The van der Waals surface area contributed by atoms with Crippen molar-refractivity contribution >= 4 is 28.5 Å². The first kappa shape index (κ1) is 26.2. The lowest BCUT2D eigenvalue weighted by atomic mass is 9.95. The Kier molecular flexibility index (Phi) is 8.12. The highest BCUT2D eigenvalue weighted by atomic mass is 16.5. The van der Waals surface area contributed by atoms with Gasteiger partial charge in [-0.15, -0.1) is 0 Å². The number of hydrogen-bond acceptors (Lipinski definition) is 3. The first-order chi connectivity index (χ1) is 17.7. The molecular weight excluding hydrogens is 460 g/mol. The summed E-state index contributed by atoms with van der Waals surface area (Å²) in [6, 6.07) is 24.9. The molecule has 5 heteroatoms. The predicted molar refractivity (Wildman–Crippen MR) is 150 cm³/mol. The van der Waals surface area contributed by atoms with Crippen LogP contribution in [0.4, 0.5) is 5.69 Å². The van der Waals surface area contributed by atoms with E-state index in [-0.39, 0.29) is 11.9 Å². The molecule has 0 saturated carbocycles. The standard InChI is InChI=1S/C32H36N2O3/c1-5-37-30(35)19-16-24-15-18-29-28(20-24)25(17-14-23-10-7-6-8-11-23)22-34(29)27-13-9-12-26(21-27)33-31(36)32(2,3)4/h6-13,15,18,20-22H,5,14,16-17,19H2,1-4H3,(H,33,36). The number of aryl methyl sites for hydroxylation is 3. The minimum Gasteiger partial charge on any atom is -0.466 e. The quantitative estimate of drug-likeness (QED) is 0.257. The minimum atomic E-state index is -0.472. The topological polar surface area (TPSA) is 60.3 Å². The SMILES string of the molecule is CCOC(=O)CCc1ccc2c(c1)c(CCc1ccccc1)cn2-c1cccc(NC(=O)C(C)(C)C)c1. The summed E-state index contributed by atoms with van der Waals surface area (Å²) in [7, 11) is 0. The fourth-order valence-electron chi connectivity index (χ4n) is 4.37. The molecule has 0 aliphatic carbocycles. The number of aromatic nitrogens is 1. The summed E-state index contributed by atoms with van der Waals surface area (Å²) in [6.45, 7) is 7.95. The van der Waals surface area contributed by atoms with Crippen LogP contribution in [-0.2, 0) is 33.6 Å². The molecule has 37 heavy (non-hydrogen) atoms. The molecule has 1 N–H and O–H groups in total. The Bertz CT molecular complexity index is 1380. The van der Waals surface area contributed by atoms with E-state index in [0.29, 0.717) is 19.4 Å². The number of fused-ring (bicyclic) bond motifs is 1. The van der Waals surface area contributed by atoms with E-state index in [9.17, 15) is 9.59 Å². The molecule has 5 nitrogen and oxygen atoms in total. The number of carbonyl (C=O) groups is 2. The van der Waals surface area contributed by atoms with Crippen LogP contribution in [0.5, 0.6) is 0 Å². The Morgan fingerprint density at radius 3 is 2.38 bits per heavy atom. The Morgan fingerprint density at radius 1 is 0.865 bits per heavy atom. The maximum Gasteiger partial charge on any atom is 0.306 e. The number of nitrogens with zero attached hydrogens (tertiary/aromatic N) is 1. The van der Waals surface area contributed by atoms with Crippen molar-refractivity contribution in [1.29, 1.82) is 0 Å². The molecule has 3 aromatic carbocycles. The number of ether oxygens (including phenoxy) is 1. The average molecular weight is 497 g/mol. The lowest BCUT2D eigenvalue weighted by Crippen LogP contribution is -2.27. The summed E-state index contributed by atoms with van der Waals surface area (Å²) in [5, 5.41) is 4.23. The van der Waals surface area contributed by atoms with Gasteiger partial charge in [0.05, 0.1) is 12.1 Å². The van der Waals surface area contributed by atoms with Crippen molar-refractivity contribution in [2.75, 3.05) is 11.9 Å². The lowest BCUT2D eigenvalue weighted by Gasteiger charge is -2.18. The summed E-state index contributed by atoms with van der Waals surface area (Å²) in [5.74, 6) is -0.185. The van der Waals surface area contributed by atoms with Crippen molar-refractivity contribution in [3.8, 4) is 5.69 Å². The van der Waals surface area contributed by atoms with Crippen LogP contribution in [-0.4, -0.2) is 23.1 Å². The molecule has 4 rings (SSSR count). The van der Waals surface area contributed by atoms with Gasteiger partial charge in [-0.2, -0.15) is 0 Å². The van der Waals surface area contributed by atoms with Crippen LogP contribution >= 0.6 is 0 Å². The van der Waals surface area contributed by atoms with E-state index < -0.39 is 5.41 Å². The molecule has 4 aromatic rings. The Morgan fingerprint density at radius 2 is 1.65 bits per heavy atom. The van der Waals surface area contributed by atoms with Gasteiger partial charge < -0.3 is 14.6 Å². The second-order valence-corrected chi connectivity index (χ2v) is 10.4. The molecular formula is C32H36N2O3. The van der Waals surface area contributed by atoms with Crippen molar-refractivity contribution < 1.29 is 14.3 Å². The number of nitrogens with one attached hydrogen (secondary N) is 1. The van der Waals surface area contributed by atoms with Crippen LogP contribution in [0.25, 0.3) is 16.6 Å². The second-order valence-electron chi connectivity index (χ2n) is 10.4. The van der Waals surface area contributed by atoms with Gasteiger partial charge in [-0.25, -0.2) is 0 Å². The van der Waals surface area contributed by atoms with Crippen molar-refractivity contribution in [2.24, 2.45) is 5.41 Å². The Labute approximate surface area is 219 Å². The first-order valence-corrected chi connectivity index (χ1v) is 13.0. The number of rotatable bonds is 9. The number of amides is 1. The van der Waals surface area contributed by atoms with Crippen molar-refractivity contribution in [3.05, 3.63) is 95.7 Å². The lowest BCUT2D eigenvalue weighted by molar-refractivity contribution is -0.143. The third-order valence-electron chi connectivity index (χ3n) is 6.46. The molecule has 0 saturated heterocycles. The fourth-order valence-corrected chi connectivity index (χ4v) is 4.37. The van der Waals surface area contributed by atoms with Crippen LogP contribution < -0.4 is 5.32 Å². The van der Waals surface area contributed by atoms with Crippen molar-refractivity contribution in [2.45, 2.75) is 53.4 Å². The average Bonchev–Trinajstić information content (AvgIpc) is 3.24. The van der Waals surface area contributed by atoms with E-state index in [1.54, 1.807) is 0 Å². The van der Waals surface area contributed by atoms with Gasteiger partial charge in [0.1, 0.15) is 0 Å². The smallest absolute Gasteiger partial charge is 0.306 e. The summed E-state index contributed by atoms with van der Waals surface area (Å²) in [6.07, 6.45) is 5.05. The van der Waals surface area contributed by atoms with E-state index in [0.717, 1.165) is 35.3 Å². The normalized spacial score (nSPS) is 11.5. The van der Waals surface area contributed by atoms with E-state index in [1.807, 2.05) is 52.0 Å². The molecule has 0 unspecified atom stereocenters. The summed E-state index contributed by atoms with van der Waals surface area (Å²) in [5.41, 5.74) is 6.06. The molecule has 192 valence electrons. The molecule has 0 spiro atoms. The van der Waals surface area contributed by atoms with Gasteiger partial charge in [-0.05, 0) is 73.2 Å². The third kappa shape index (κ3) is 6.67. The predicted octanol–water partition coefficient (Wildman–Crippen LogP) is 6.90. The maximum atomic E-state index is 12.6. The molecule has 0 atom stereocenters. The molecule has 0 bridgehead atoms. The number of esters is 1. The minimum absolute atomic E-state index is 0.0168. The highest BCUT2D eigenvalue weighted by Gasteiger charge is 2.21. The fraction of sp³-hybridized carbons (Fsp3) is 0.312. The summed E-state index contributed by atoms with van der Waals surface area (Å²) in [4.78, 5) is 24.5. The van der Waals surface area contributed by atoms with Gasteiger partial charge in [0, 0.05) is 34.8 Å². The van der Waals surface area contributed by atoms with Gasteiger partial charge in [0.15, 0.2) is 0 Å². The van der Waals surface area contributed by atoms with Gasteiger partial charge in [-0.1, -0.05) is 63.2 Å². The highest BCUT2D eigenvalue weighted by Crippen LogP contribution is 2.29. The van der Waals surface area contributed by atoms with E-state index in [1.165, 1.54) is 16.5 Å². The molecule has 1 amide bonds. The summed E-state index contributed by atoms with van der Waals surface area (Å²) >= 11 is 0. The number of hydrogen-bond donors (Lipinski definition) is 1. The zero-order chi connectivity index (χ0) is 26.4. The van der Waals surface area contributed by atoms with E-state index in [2.05, 4.69) is 64.6 Å². The highest BCUT2D eigenvalue weighted by molar-refractivity contribution is 5.95. The maximum absolute atomic E-state index is 12.6. The largest absolute Gasteiger partial charge is 0.466 e. The number of anilines is 1. The zero-order valence-electron chi connectivity index (χ0n) is 22.2.